The molecule has 3 atom stereocenters. The molecule has 5 heteroatoms. The molecule has 0 aromatic heterocycles. The number of halogens is 1. The van der Waals surface area contributed by atoms with E-state index in [0.717, 1.165) is 28.9 Å². The highest BCUT2D eigenvalue weighted by Crippen LogP contribution is 2.41. The van der Waals surface area contributed by atoms with E-state index in [1.165, 1.54) is 16.3 Å². The Bertz CT molecular complexity index is 1350. The molecule has 0 spiro atoms. The van der Waals surface area contributed by atoms with Crippen molar-refractivity contribution in [3.8, 4) is 5.75 Å². The van der Waals surface area contributed by atoms with Gasteiger partial charge in [0.1, 0.15) is 11.9 Å². The van der Waals surface area contributed by atoms with Gasteiger partial charge in [-0.3, -0.25) is 0 Å². The Morgan fingerprint density at radius 1 is 0.971 bits per heavy atom. The molecule has 0 saturated carbocycles. The zero-order valence-electron chi connectivity index (χ0n) is 19.9. The summed E-state index contributed by atoms with van der Waals surface area (Å²) in [6.07, 6.45) is 0.765. The molecule has 2 N–H and O–H groups in total. The Hall–Kier alpha value is -3.34. The summed E-state index contributed by atoms with van der Waals surface area (Å²) < 4.78 is 6.40. The van der Waals surface area contributed by atoms with Crippen molar-refractivity contribution >= 4 is 29.1 Å². The summed E-state index contributed by atoms with van der Waals surface area (Å²) in [6.45, 7) is 4.80. The molecule has 4 aromatic rings. The molecule has 0 aliphatic carbocycles. The number of rotatable bonds is 6. The Morgan fingerprint density at radius 3 is 2.49 bits per heavy atom. The number of carbonyl (C=O) groups is 1. The SMILES string of the molecule is Cc1c(C(=O)O)cccc1[C@@H]1C[C@H](CNC(C)c2cccc3ccccc23)Oc2ccccc21.Cl. The fraction of sp³-hybridized carbons (Fsp3) is 0.233. The third-order valence-electron chi connectivity index (χ3n) is 7.01. The van der Waals surface area contributed by atoms with Gasteiger partial charge in [-0.25, -0.2) is 4.79 Å². The predicted octanol–water partition coefficient (Wildman–Crippen LogP) is 6.90. The smallest absolute Gasteiger partial charge is 0.335 e. The minimum atomic E-state index is -0.887. The van der Waals surface area contributed by atoms with Gasteiger partial charge in [0, 0.05) is 24.1 Å². The summed E-state index contributed by atoms with van der Waals surface area (Å²) in [5.74, 6) is 0.0780. The van der Waals surface area contributed by atoms with E-state index in [4.69, 9.17) is 4.74 Å². The molecule has 4 nitrogen and oxygen atoms in total. The maximum absolute atomic E-state index is 11.7. The molecule has 5 rings (SSSR count). The van der Waals surface area contributed by atoms with E-state index in [1.807, 2.05) is 31.2 Å². The molecule has 1 heterocycles. The van der Waals surface area contributed by atoms with Crippen LogP contribution in [0.1, 0.15) is 57.9 Å². The Morgan fingerprint density at radius 2 is 1.66 bits per heavy atom. The van der Waals surface area contributed by atoms with Crippen LogP contribution in [0.3, 0.4) is 0 Å². The van der Waals surface area contributed by atoms with E-state index in [-0.39, 0.29) is 30.5 Å². The van der Waals surface area contributed by atoms with Gasteiger partial charge in [-0.1, -0.05) is 72.8 Å². The monoisotopic (exact) mass is 487 g/mol. The van der Waals surface area contributed by atoms with Crippen LogP contribution in [0.15, 0.2) is 84.9 Å². The van der Waals surface area contributed by atoms with E-state index in [1.54, 1.807) is 6.07 Å². The number of ether oxygens (including phenoxy) is 1. The molecule has 1 unspecified atom stereocenters. The average Bonchev–Trinajstić information content (AvgIpc) is 2.86. The number of hydrogen-bond acceptors (Lipinski definition) is 3. The first kappa shape index (κ1) is 24.8. The Labute approximate surface area is 212 Å². The normalized spacial score (nSPS) is 17.7. The molecule has 0 bridgehead atoms. The van der Waals surface area contributed by atoms with E-state index in [2.05, 4.69) is 66.8 Å². The first-order valence-corrected chi connectivity index (χ1v) is 11.8. The fourth-order valence-corrected chi connectivity index (χ4v) is 5.22. The fourth-order valence-electron chi connectivity index (χ4n) is 5.22. The zero-order valence-corrected chi connectivity index (χ0v) is 20.7. The van der Waals surface area contributed by atoms with E-state index in [9.17, 15) is 9.90 Å². The lowest BCUT2D eigenvalue weighted by Crippen LogP contribution is -2.37. The van der Waals surface area contributed by atoms with Gasteiger partial charge in [-0.2, -0.15) is 0 Å². The average molecular weight is 488 g/mol. The third-order valence-corrected chi connectivity index (χ3v) is 7.01. The number of aromatic carboxylic acids is 1. The van der Waals surface area contributed by atoms with Gasteiger partial charge in [-0.05, 0) is 59.9 Å². The zero-order chi connectivity index (χ0) is 23.7. The van der Waals surface area contributed by atoms with Crippen LogP contribution in [-0.2, 0) is 0 Å². The van der Waals surface area contributed by atoms with Crippen molar-refractivity contribution in [1.82, 2.24) is 5.32 Å². The molecule has 0 radical (unpaired) electrons. The van der Waals surface area contributed by atoms with Crippen molar-refractivity contribution in [3.63, 3.8) is 0 Å². The van der Waals surface area contributed by atoms with Crippen molar-refractivity contribution in [2.24, 2.45) is 0 Å². The van der Waals surface area contributed by atoms with Crippen molar-refractivity contribution in [2.45, 2.75) is 38.3 Å². The number of hydrogen-bond donors (Lipinski definition) is 2. The van der Waals surface area contributed by atoms with Crippen LogP contribution < -0.4 is 10.1 Å². The number of nitrogens with one attached hydrogen (secondary N) is 1. The van der Waals surface area contributed by atoms with Gasteiger partial charge in [0.25, 0.3) is 0 Å². The Kier molecular flexibility index (Phi) is 7.44. The van der Waals surface area contributed by atoms with E-state index >= 15 is 0 Å². The van der Waals surface area contributed by atoms with E-state index < -0.39 is 5.97 Å². The maximum Gasteiger partial charge on any atom is 0.335 e. The van der Waals surface area contributed by atoms with E-state index in [0.29, 0.717) is 12.1 Å². The third kappa shape index (κ3) is 4.90. The number of carboxylic acids is 1. The molecule has 180 valence electrons. The van der Waals surface area contributed by atoms with Crippen LogP contribution >= 0.6 is 12.4 Å². The molecular weight excluding hydrogens is 458 g/mol. The van der Waals surface area contributed by atoms with Crippen molar-refractivity contribution < 1.29 is 14.6 Å². The van der Waals surface area contributed by atoms with Gasteiger partial charge in [0.2, 0.25) is 0 Å². The first-order valence-electron chi connectivity index (χ1n) is 11.8. The van der Waals surface area contributed by atoms with Gasteiger partial charge in [0.15, 0.2) is 0 Å². The Balaban J connectivity index is 0.00000289. The topological polar surface area (TPSA) is 58.6 Å². The molecule has 35 heavy (non-hydrogen) atoms. The minimum Gasteiger partial charge on any atom is -0.489 e. The summed E-state index contributed by atoms with van der Waals surface area (Å²) in [4.78, 5) is 11.7. The summed E-state index contributed by atoms with van der Waals surface area (Å²) in [6, 6.07) is 28.8. The van der Waals surface area contributed by atoms with Crippen LogP contribution in [0, 0.1) is 6.92 Å². The van der Waals surface area contributed by atoms with Gasteiger partial charge < -0.3 is 15.2 Å². The van der Waals surface area contributed by atoms with Gasteiger partial charge in [0.05, 0.1) is 5.56 Å². The maximum atomic E-state index is 11.7. The predicted molar refractivity (Wildman–Crippen MR) is 143 cm³/mol. The molecule has 1 aliphatic rings. The van der Waals surface area contributed by atoms with Gasteiger partial charge >= 0.3 is 5.97 Å². The number of fused-ring (bicyclic) bond motifs is 2. The first-order chi connectivity index (χ1) is 16.5. The second-order valence-electron chi connectivity index (χ2n) is 9.09. The molecule has 1 aliphatic heterocycles. The van der Waals surface area contributed by atoms with Crippen molar-refractivity contribution in [2.75, 3.05) is 6.54 Å². The van der Waals surface area contributed by atoms with Crippen LogP contribution in [0.2, 0.25) is 0 Å². The standard InChI is InChI=1S/C30H29NO3.ClH/c1-19-23(13-8-14-24(19)30(32)33)28-17-22(34-29-16-6-5-12-27(28)29)18-31-20(2)25-15-7-10-21-9-3-4-11-26(21)25;/h3-16,20,22,28,31H,17-18H2,1-2H3,(H,32,33);1H/t20?,22-,28+;/m1./s1. The summed E-state index contributed by atoms with van der Waals surface area (Å²) in [5, 5.41) is 15.8. The lowest BCUT2D eigenvalue weighted by atomic mass is 9.81. The summed E-state index contributed by atoms with van der Waals surface area (Å²) in [5.41, 5.74) is 4.64. The van der Waals surface area contributed by atoms with Crippen molar-refractivity contribution in [1.29, 1.82) is 0 Å². The summed E-state index contributed by atoms with van der Waals surface area (Å²) >= 11 is 0. The minimum absolute atomic E-state index is 0. The summed E-state index contributed by atoms with van der Waals surface area (Å²) in [7, 11) is 0. The van der Waals surface area contributed by atoms with Crippen LogP contribution in [0.4, 0.5) is 0 Å². The molecule has 0 saturated heterocycles. The highest BCUT2D eigenvalue weighted by Gasteiger charge is 2.31. The largest absolute Gasteiger partial charge is 0.489 e. The molecule has 4 aromatic carbocycles. The van der Waals surface area contributed by atoms with Crippen LogP contribution in [0.25, 0.3) is 10.8 Å². The molecule has 0 amide bonds. The molecular formula is C30H30ClNO3. The number of carboxylic acid groups (broad SMARTS) is 1. The highest BCUT2D eigenvalue weighted by molar-refractivity contribution is 5.90. The van der Waals surface area contributed by atoms with Crippen LogP contribution in [0.5, 0.6) is 5.75 Å². The second-order valence-corrected chi connectivity index (χ2v) is 9.09. The lowest BCUT2D eigenvalue weighted by molar-refractivity contribution is 0.0696. The molecule has 0 fully saturated rings. The number of benzene rings is 4. The lowest BCUT2D eigenvalue weighted by Gasteiger charge is -2.34. The highest BCUT2D eigenvalue weighted by atomic mass is 35.5. The van der Waals surface area contributed by atoms with Gasteiger partial charge in [-0.15, -0.1) is 12.4 Å². The number of para-hydroxylation sites is 1. The second kappa shape index (κ2) is 10.5. The quantitative estimate of drug-likeness (QED) is 0.310. The van der Waals surface area contributed by atoms with Crippen LogP contribution in [-0.4, -0.2) is 23.7 Å². The van der Waals surface area contributed by atoms with Crippen molar-refractivity contribution in [3.05, 3.63) is 113 Å².